The van der Waals surface area contributed by atoms with Crippen molar-refractivity contribution in [3.05, 3.63) is 173 Å². The Hall–Kier alpha value is -7.93. The van der Waals surface area contributed by atoms with Crippen LogP contribution in [0.2, 0.25) is 0 Å². The zero-order valence-electron chi connectivity index (χ0n) is 53.1. The minimum absolute atomic E-state index is 0.0482. The monoisotopic (exact) mass is 1100 g/mol. The van der Waals surface area contributed by atoms with Crippen LogP contribution in [-0.2, 0) is 46.6 Å². The van der Waals surface area contributed by atoms with Gasteiger partial charge in [-0.3, -0.25) is 9.78 Å². The van der Waals surface area contributed by atoms with E-state index in [4.69, 9.17) is 4.52 Å². The van der Waals surface area contributed by atoms with Crippen molar-refractivity contribution >= 4 is 65.9 Å². The van der Waals surface area contributed by atoms with E-state index in [0.29, 0.717) is 0 Å². The van der Waals surface area contributed by atoms with E-state index in [1.165, 1.54) is 49.9 Å². The second-order valence-corrected chi connectivity index (χ2v) is 27.7. The molecule has 0 bridgehead atoms. The average Bonchev–Trinajstić information content (AvgIpc) is 4.41. The summed E-state index contributed by atoms with van der Waals surface area (Å²) in [6, 6.07) is 41.5. The highest BCUT2D eigenvalue weighted by molar-refractivity contribution is 5.84. The molecule has 0 spiro atoms. The maximum absolute atomic E-state index is 5.23. The van der Waals surface area contributed by atoms with Crippen LogP contribution in [0.3, 0.4) is 0 Å². The number of hydrogen-bond acceptors (Lipinski definition) is 8. The molecule has 0 aliphatic heterocycles. The third kappa shape index (κ3) is 14.8. The highest BCUT2D eigenvalue weighted by Gasteiger charge is 2.24. The summed E-state index contributed by atoms with van der Waals surface area (Å²) in [7, 11) is 4.04. The van der Waals surface area contributed by atoms with Gasteiger partial charge in [0.2, 0.25) is 0 Å². The number of imidazole rings is 2. The SMILES string of the molecule is CC(C)(C)c1cccc2n[nH]nc12.CC(C)(C)c1noc2ccccc12.Cc1ccc2c(C(C)(C)C)[nH]nc2c1.Cc1nc2ccc(C(C)(C)C)cc2[nH]1.Cn1cnc2c(C(C)(C)C)cccc21.Cn1nc2ccccc2c1C(C)(C)C. The van der Waals surface area contributed by atoms with Crippen molar-refractivity contribution in [2.24, 2.45) is 14.1 Å². The number of aromatic amines is 3. The second-order valence-electron chi connectivity index (χ2n) is 27.7. The van der Waals surface area contributed by atoms with Crippen LogP contribution in [0.1, 0.15) is 170 Å². The van der Waals surface area contributed by atoms with Gasteiger partial charge in [0.1, 0.15) is 16.9 Å². The van der Waals surface area contributed by atoms with Gasteiger partial charge in [0.15, 0.2) is 5.58 Å². The molecule has 3 N–H and O–H groups in total. The van der Waals surface area contributed by atoms with Crippen molar-refractivity contribution in [1.29, 1.82) is 0 Å². The number of benzene rings is 6. The van der Waals surface area contributed by atoms with Gasteiger partial charge in [0.05, 0.1) is 50.8 Å². The molecule has 0 amide bonds. The molecule has 432 valence electrons. The Labute approximate surface area is 486 Å². The average molecular weight is 1100 g/mol. The quantitative estimate of drug-likeness (QED) is 0.135. The lowest BCUT2D eigenvalue weighted by molar-refractivity contribution is 0.419. The van der Waals surface area contributed by atoms with Crippen LogP contribution in [0.15, 0.2) is 132 Å². The summed E-state index contributed by atoms with van der Waals surface area (Å²) in [6.45, 7) is 43.6. The number of nitrogens with zero attached hydrogens (tertiary/aromatic N) is 9. The third-order valence-electron chi connectivity index (χ3n) is 14.2. The normalized spacial score (nSPS) is 12.3. The van der Waals surface area contributed by atoms with Gasteiger partial charge < -0.3 is 14.1 Å². The highest BCUT2D eigenvalue weighted by atomic mass is 16.5. The predicted octanol–water partition coefficient (Wildman–Crippen LogP) is 17.5. The number of rotatable bonds is 0. The summed E-state index contributed by atoms with van der Waals surface area (Å²) in [6.07, 6.45) is 1.87. The smallest absolute Gasteiger partial charge is 0.167 e. The topological polar surface area (TPSA) is 161 Å². The van der Waals surface area contributed by atoms with Crippen LogP contribution in [0.5, 0.6) is 0 Å². The maximum atomic E-state index is 5.23. The molecule has 0 saturated carbocycles. The van der Waals surface area contributed by atoms with Gasteiger partial charge in [-0.05, 0) is 101 Å². The van der Waals surface area contributed by atoms with E-state index in [0.717, 1.165) is 61.1 Å². The van der Waals surface area contributed by atoms with E-state index < -0.39 is 0 Å². The fourth-order valence-corrected chi connectivity index (χ4v) is 10.00. The first kappa shape index (κ1) is 61.7. The number of aromatic nitrogens is 12. The molecule has 12 aromatic rings. The van der Waals surface area contributed by atoms with E-state index in [1.54, 1.807) is 0 Å². The van der Waals surface area contributed by atoms with Crippen molar-refractivity contribution in [2.75, 3.05) is 0 Å². The molecule has 0 saturated heterocycles. The highest BCUT2D eigenvalue weighted by Crippen LogP contribution is 2.33. The predicted molar refractivity (Wildman–Crippen MR) is 343 cm³/mol. The Morgan fingerprint density at radius 3 is 1.74 bits per heavy atom. The number of H-pyrrole nitrogens is 3. The van der Waals surface area contributed by atoms with Gasteiger partial charge in [-0.25, -0.2) is 9.97 Å². The number of aryl methyl sites for hydroxylation is 4. The molecule has 13 heteroatoms. The first-order chi connectivity index (χ1) is 38.1. The van der Waals surface area contributed by atoms with E-state index in [1.807, 2.05) is 74.5 Å². The van der Waals surface area contributed by atoms with Gasteiger partial charge in [0, 0.05) is 52.2 Å². The minimum atomic E-state index is 0.0482. The molecular formula is C69H90N12O. The molecule has 6 heterocycles. The summed E-state index contributed by atoms with van der Waals surface area (Å²) >= 11 is 0. The van der Waals surface area contributed by atoms with Gasteiger partial charge in [-0.15, -0.1) is 0 Å². The van der Waals surface area contributed by atoms with Crippen LogP contribution >= 0.6 is 0 Å². The maximum Gasteiger partial charge on any atom is 0.167 e. The van der Waals surface area contributed by atoms with E-state index in [9.17, 15) is 0 Å². The van der Waals surface area contributed by atoms with Crippen LogP contribution in [0, 0.1) is 13.8 Å². The molecule has 0 aliphatic rings. The largest absolute Gasteiger partial charge is 0.356 e. The Morgan fingerprint density at radius 1 is 0.488 bits per heavy atom. The lowest BCUT2D eigenvalue weighted by atomic mass is 9.86. The van der Waals surface area contributed by atoms with Crippen LogP contribution in [0.4, 0.5) is 0 Å². The van der Waals surface area contributed by atoms with Crippen molar-refractivity contribution < 1.29 is 4.52 Å². The molecule has 0 fully saturated rings. The van der Waals surface area contributed by atoms with Gasteiger partial charge in [-0.1, -0.05) is 203 Å². The first-order valence-electron chi connectivity index (χ1n) is 28.5. The Balaban J connectivity index is 0.000000142. The van der Waals surface area contributed by atoms with Crippen LogP contribution < -0.4 is 0 Å². The van der Waals surface area contributed by atoms with E-state index >= 15 is 0 Å². The number of fused-ring (bicyclic) bond motifs is 6. The third-order valence-corrected chi connectivity index (χ3v) is 14.2. The summed E-state index contributed by atoms with van der Waals surface area (Å²) in [5.41, 5.74) is 18.9. The molecule has 0 radical (unpaired) electrons. The fraction of sp³-hybridized carbons (Fsp3) is 0.406. The Morgan fingerprint density at radius 2 is 1.11 bits per heavy atom. The molecule has 82 heavy (non-hydrogen) atoms. The standard InChI is InChI=1S/4C12H16N2.C11H13NO.C10H13N3/c1-8-13-10-6-5-9(12(2,3)4)7-11(10)14-8;1-8-5-6-9-10(7-8)13-14-11(9)12(2,3)4;1-12(2,3)9-6-5-7-10-11(9)13-8-14(10)4;1-12(2,3)11-9-7-5-6-8-10(9)13-14(11)4;1-11(2,3)10-8-6-4-5-7-9(8)13-12-10;1-10(2,3)7-5-4-6-8-9(7)12-13-11-8/h2*5-7H,1-4H3,(H,13,14);2*5-8H,1-4H3;4-7H,1-3H3;4-6H,1-3H3,(H,11,12,13). The molecule has 0 atom stereocenters. The van der Waals surface area contributed by atoms with Gasteiger partial charge >= 0.3 is 0 Å². The zero-order chi connectivity index (χ0) is 60.3. The molecule has 6 aromatic heterocycles. The van der Waals surface area contributed by atoms with E-state index in [-0.39, 0.29) is 32.5 Å². The number of nitrogens with one attached hydrogen (secondary N) is 3. The van der Waals surface area contributed by atoms with Crippen molar-refractivity contribution in [3.8, 4) is 0 Å². The van der Waals surface area contributed by atoms with E-state index in [2.05, 4.69) is 266 Å². The summed E-state index contributed by atoms with van der Waals surface area (Å²) < 4.78 is 9.28. The lowest BCUT2D eigenvalue weighted by Gasteiger charge is -2.19. The summed E-state index contributed by atoms with van der Waals surface area (Å²) in [5.74, 6) is 0.978. The van der Waals surface area contributed by atoms with Crippen molar-refractivity contribution in [2.45, 2.75) is 171 Å². The molecule has 6 aromatic carbocycles. The molecular weight excluding hydrogens is 1010 g/mol. The fourth-order valence-electron chi connectivity index (χ4n) is 10.00. The van der Waals surface area contributed by atoms with Crippen LogP contribution in [0.25, 0.3) is 65.9 Å². The lowest BCUT2D eigenvalue weighted by Crippen LogP contribution is -2.16. The van der Waals surface area contributed by atoms with Crippen molar-refractivity contribution in [3.63, 3.8) is 0 Å². The van der Waals surface area contributed by atoms with Crippen molar-refractivity contribution in [1.82, 2.24) is 60.1 Å². The zero-order valence-corrected chi connectivity index (χ0v) is 53.1. The second kappa shape index (κ2) is 23.9. The molecule has 0 unspecified atom stereocenters. The number of hydrogen-bond donors (Lipinski definition) is 3. The first-order valence-corrected chi connectivity index (χ1v) is 28.5. The Kier molecular flexibility index (Phi) is 18.0. The van der Waals surface area contributed by atoms with Gasteiger partial charge in [0.25, 0.3) is 0 Å². The van der Waals surface area contributed by atoms with Gasteiger partial charge in [-0.2, -0.15) is 25.6 Å². The molecule has 12 rings (SSSR count). The molecule has 13 nitrogen and oxygen atoms in total. The Bertz CT molecular complexity index is 4050. The minimum Gasteiger partial charge on any atom is -0.356 e. The number of para-hydroxylation sites is 3. The summed E-state index contributed by atoms with van der Waals surface area (Å²) in [4.78, 5) is 12.1. The van der Waals surface area contributed by atoms with Crippen LogP contribution in [-0.4, -0.2) is 60.1 Å². The molecule has 0 aliphatic carbocycles. The summed E-state index contributed by atoms with van der Waals surface area (Å²) in [5, 5.41) is 30.5.